The summed E-state index contributed by atoms with van der Waals surface area (Å²) in [4.78, 5) is 2.41. The molecule has 86 valence electrons. The minimum Gasteiger partial charge on any atom is -0.690 e. The largest absolute Gasteiger partial charge is 0.690 e. The van der Waals surface area contributed by atoms with Gasteiger partial charge in [0.05, 0.1) is 0 Å². The third-order valence-corrected chi connectivity index (χ3v) is 1.46. The monoisotopic (exact) mass is 238 g/mol. The molecular formula is C4H2N10O3. The van der Waals surface area contributed by atoms with Crippen LogP contribution in [0, 0.1) is 5.21 Å². The van der Waals surface area contributed by atoms with E-state index in [1.165, 1.54) is 0 Å². The van der Waals surface area contributed by atoms with Gasteiger partial charge in [-0.05, 0) is 21.0 Å². The van der Waals surface area contributed by atoms with Crippen molar-refractivity contribution in [3.8, 4) is 0 Å². The number of anilines is 1. The van der Waals surface area contributed by atoms with Crippen LogP contribution in [0.15, 0.2) is 19.5 Å². The standard InChI is InChI=1S/C4H2N10O3/c5-1-4(12-16-9-1)14(15)8-3-2(7-13-6)10-17-11-3/h(H2,5,9). The molecule has 0 aliphatic rings. The first kappa shape index (κ1) is 10.3. The van der Waals surface area contributed by atoms with E-state index in [1.54, 1.807) is 0 Å². The normalized spacial score (nSPS) is 11.2. The van der Waals surface area contributed by atoms with Crippen LogP contribution in [-0.2, 0) is 0 Å². The van der Waals surface area contributed by atoms with Crippen LogP contribution < -0.4 is 5.73 Å². The van der Waals surface area contributed by atoms with Crippen molar-refractivity contribution in [2.24, 2.45) is 10.2 Å². The Bertz CT molecular complexity index is 605. The van der Waals surface area contributed by atoms with Gasteiger partial charge in [0.25, 0.3) is 11.6 Å². The summed E-state index contributed by atoms with van der Waals surface area (Å²) in [5, 5.41) is 30.7. The van der Waals surface area contributed by atoms with Gasteiger partial charge in [0.15, 0.2) is 5.16 Å². The first-order valence-electron chi connectivity index (χ1n) is 3.87. The highest BCUT2D eigenvalue weighted by atomic mass is 16.6. The summed E-state index contributed by atoms with van der Waals surface area (Å²) in [6, 6.07) is 0. The molecule has 0 unspecified atom stereocenters. The highest BCUT2D eigenvalue weighted by molar-refractivity contribution is 5.48. The Labute approximate surface area is 90.6 Å². The molecule has 2 rings (SSSR count). The summed E-state index contributed by atoms with van der Waals surface area (Å²) in [7, 11) is 0. The van der Waals surface area contributed by atoms with Gasteiger partial charge in [0.2, 0.25) is 5.82 Å². The topological polar surface area (TPSA) is 191 Å². The Morgan fingerprint density at radius 1 is 1.24 bits per heavy atom. The molecule has 0 radical (unpaired) electrons. The SMILES string of the molecule is [N-]=[N+]=Nc1nonc1N=[N+]([O-])c1nonc1N. The predicted molar refractivity (Wildman–Crippen MR) is 47.2 cm³/mol. The quantitative estimate of drug-likeness (QED) is 0.267. The third-order valence-electron chi connectivity index (χ3n) is 1.46. The first-order chi connectivity index (χ1) is 8.22. The van der Waals surface area contributed by atoms with E-state index < -0.39 is 0 Å². The van der Waals surface area contributed by atoms with Gasteiger partial charge in [0.1, 0.15) is 0 Å². The molecular weight excluding hydrogens is 236 g/mol. The number of azo groups is 1. The lowest BCUT2D eigenvalue weighted by molar-refractivity contribution is -0.440. The molecule has 0 aliphatic carbocycles. The molecule has 0 fully saturated rings. The number of nitrogen functional groups attached to an aromatic ring is 1. The zero-order valence-electron chi connectivity index (χ0n) is 7.83. The predicted octanol–water partition coefficient (Wildman–Crippen LogP) is 0.902. The fourth-order valence-corrected chi connectivity index (χ4v) is 0.805. The van der Waals surface area contributed by atoms with E-state index in [-0.39, 0.29) is 28.1 Å². The van der Waals surface area contributed by atoms with Gasteiger partial charge >= 0.3 is 5.82 Å². The van der Waals surface area contributed by atoms with Crippen LogP contribution >= 0.6 is 0 Å². The minimum atomic E-state index is -0.375. The molecule has 2 aromatic rings. The smallest absolute Gasteiger partial charge is 0.442 e. The van der Waals surface area contributed by atoms with Crippen LogP contribution in [0.1, 0.15) is 0 Å². The Morgan fingerprint density at radius 2 is 1.94 bits per heavy atom. The van der Waals surface area contributed by atoms with Crippen molar-refractivity contribution in [3.05, 3.63) is 15.7 Å². The summed E-state index contributed by atoms with van der Waals surface area (Å²) >= 11 is 0. The van der Waals surface area contributed by atoms with Gasteiger partial charge in [-0.2, -0.15) is 0 Å². The van der Waals surface area contributed by atoms with Gasteiger partial charge in [0, 0.05) is 10.1 Å². The molecule has 0 saturated carbocycles. The highest BCUT2D eigenvalue weighted by Crippen LogP contribution is 2.25. The van der Waals surface area contributed by atoms with E-state index in [9.17, 15) is 5.21 Å². The second-order valence-corrected chi connectivity index (χ2v) is 2.45. The Balaban J connectivity index is 2.39. The fraction of sp³-hybridized carbons (Fsp3) is 0. The van der Waals surface area contributed by atoms with Crippen LogP contribution in [0.5, 0.6) is 0 Å². The molecule has 0 atom stereocenters. The van der Waals surface area contributed by atoms with Crippen molar-refractivity contribution in [1.82, 2.24) is 20.6 Å². The molecule has 0 spiro atoms. The number of azide groups is 1. The van der Waals surface area contributed by atoms with E-state index >= 15 is 0 Å². The molecule has 0 amide bonds. The molecule has 17 heavy (non-hydrogen) atoms. The average Bonchev–Trinajstić information content (AvgIpc) is 2.89. The van der Waals surface area contributed by atoms with Crippen molar-refractivity contribution >= 4 is 23.3 Å². The molecule has 0 aliphatic heterocycles. The van der Waals surface area contributed by atoms with Crippen molar-refractivity contribution in [2.45, 2.75) is 0 Å². The van der Waals surface area contributed by atoms with Gasteiger partial charge < -0.3 is 10.9 Å². The van der Waals surface area contributed by atoms with E-state index in [2.05, 4.69) is 45.0 Å². The van der Waals surface area contributed by atoms with Crippen molar-refractivity contribution < 1.29 is 14.1 Å². The summed E-state index contributed by atoms with van der Waals surface area (Å²) in [5.74, 6) is -1.27. The first-order valence-corrected chi connectivity index (χ1v) is 3.87. The molecule has 2 N–H and O–H groups in total. The lowest BCUT2D eigenvalue weighted by Gasteiger charge is -1.97. The van der Waals surface area contributed by atoms with Crippen LogP contribution in [0.25, 0.3) is 10.4 Å². The van der Waals surface area contributed by atoms with Crippen LogP contribution in [0.2, 0.25) is 0 Å². The molecule has 0 aromatic carbocycles. The van der Waals surface area contributed by atoms with Gasteiger partial charge in [-0.3, -0.25) is 0 Å². The zero-order valence-corrected chi connectivity index (χ0v) is 7.83. The number of rotatable bonds is 3. The number of hydrogen-bond acceptors (Lipinski definition) is 10. The lowest BCUT2D eigenvalue weighted by atomic mass is 10.6. The highest BCUT2D eigenvalue weighted by Gasteiger charge is 2.19. The average molecular weight is 238 g/mol. The molecule has 2 heterocycles. The Hall–Kier alpha value is -3.21. The van der Waals surface area contributed by atoms with Crippen molar-refractivity contribution in [1.29, 1.82) is 0 Å². The van der Waals surface area contributed by atoms with E-state index in [1.807, 2.05) is 0 Å². The van der Waals surface area contributed by atoms with Crippen LogP contribution in [0.3, 0.4) is 0 Å². The maximum Gasteiger partial charge on any atom is 0.442 e. The third kappa shape index (κ3) is 1.93. The summed E-state index contributed by atoms with van der Waals surface area (Å²) in [6.45, 7) is 0. The van der Waals surface area contributed by atoms with E-state index in [0.717, 1.165) is 0 Å². The maximum absolute atomic E-state index is 11.4. The molecule has 13 nitrogen and oxygen atoms in total. The Kier molecular flexibility index (Phi) is 2.50. The number of nitrogens with two attached hydrogens (primary N) is 1. The molecule has 2 aromatic heterocycles. The Morgan fingerprint density at radius 3 is 2.59 bits per heavy atom. The number of nitrogens with zero attached hydrogens (tertiary/aromatic N) is 9. The van der Waals surface area contributed by atoms with Gasteiger partial charge in [-0.25, -0.2) is 4.63 Å². The summed E-state index contributed by atoms with van der Waals surface area (Å²) in [5.41, 5.74) is 13.4. The molecule has 0 bridgehead atoms. The van der Waals surface area contributed by atoms with E-state index in [0.29, 0.717) is 0 Å². The van der Waals surface area contributed by atoms with Gasteiger partial charge in [-0.1, -0.05) is 5.11 Å². The van der Waals surface area contributed by atoms with Gasteiger partial charge in [-0.15, -0.1) is 9.49 Å². The fourth-order valence-electron chi connectivity index (χ4n) is 0.805. The maximum atomic E-state index is 11.4. The summed E-state index contributed by atoms with van der Waals surface area (Å²) < 4.78 is 8.43. The molecule has 13 heteroatoms. The van der Waals surface area contributed by atoms with Crippen molar-refractivity contribution in [2.75, 3.05) is 5.73 Å². The second kappa shape index (κ2) is 4.11. The number of hydrogen-bond donors (Lipinski definition) is 1. The van der Waals surface area contributed by atoms with Crippen LogP contribution in [-0.4, -0.2) is 25.5 Å². The second-order valence-electron chi connectivity index (χ2n) is 2.45. The molecule has 0 saturated heterocycles. The zero-order chi connectivity index (χ0) is 12.3. The van der Waals surface area contributed by atoms with Crippen molar-refractivity contribution in [3.63, 3.8) is 0 Å². The number of aromatic nitrogens is 4. The van der Waals surface area contributed by atoms with Crippen LogP contribution in [0.4, 0.5) is 23.3 Å². The minimum absolute atomic E-state index is 0.0260. The lowest BCUT2D eigenvalue weighted by Crippen LogP contribution is -1.95. The summed E-state index contributed by atoms with van der Waals surface area (Å²) in [6.07, 6.45) is 0. The van der Waals surface area contributed by atoms with E-state index in [4.69, 9.17) is 11.3 Å².